The number of pyridine rings is 1. The van der Waals surface area contributed by atoms with Crippen molar-refractivity contribution in [2.75, 3.05) is 5.32 Å². The fraction of sp³-hybridized carbons (Fsp3) is 0.368. The zero-order valence-corrected chi connectivity index (χ0v) is 15.3. The smallest absolute Gasteiger partial charge is 0.322 e. The van der Waals surface area contributed by atoms with Gasteiger partial charge in [-0.3, -0.25) is 4.98 Å². The predicted octanol–water partition coefficient (Wildman–Crippen LogP) is 4.74. The first-order valence-corrected chi connectivity index (χ1v) is 9.99. The maximum absolute atomic E-state index is 12.5. The minimum Gasteiger partial charge on any atom is -0.439 e. The molecule has 0 radical (unpaired) electrons. The first-order chi connectivity index (χ1) is 13.0. The molecule has 0 bridgehead atoms. The van der Waals surface area contributed by atoms with Crippen molar-refractivity contribution in [2.45, 2.75) is 49.8 Å². The lowest BCUT2D eigenvalue weighted by atomic mass is 9.99. The van der Waals surface area contributed by atoms with Crippen molar-refractivity contribution in [1.29, 1.82) is 0 Å². The molecule has 1 aromatic carbocycles. The zero-order valence-electron chi connectivity index (χ0n) is 14.5. The number of urea groups is 1. The number of hydrogen-bond donors (Lipinski definition) is 1. The third-order valence-corrected chi connectivity index (χ3v) is 6.03. The van der Waals surface area contributed by atoms with Crippen LogP contribution in [0.3, 0.4) is 0 Å². The van der Waals surface area contributed by atoms with Crippen LogP contribution in [0.15, 0.2) is 33.7 Å². The van der Waals surface area contributed by atoms with Gasteiger partial charge in [-0.2, -0.15) is 0 Å². The summed E-state index contributed by atoms with van der Waals surface area (Å²) >= 11 is 0. The Hall–Kier alpha value is -2.35. The van der Waals surface area contributed by atoms with Crippen molar-refractivity contribution in [3.05, 3.63) is 52.3 Å². The number of carbonyl (C=O) groups excluding carboxylic acids is 1. The van der Waals surface area contributed by atoms with E-state index in [9.17, 15) is 17.8 Å². The highest BCUT2D eigenvalue weighted by molar-refractivity contribution is 7.75. The van der Waals surface area contributed by atoms with Gasteiger partial charge in [0, 0.05) is 11.9 Å². The SMILES string of the molecule is O=C(/N=[S-](=O)/c1ccc(C(F)F)nc1)Nc1c2c(cc3c1CCC3)CCC2. The topological polar surface area (TPSA) is 71.4 Å². The molecule has 2 amide bonds. The molecule has 142 valence electrons. The summed E-state index contributed by atoms with van der Waals surface area (Å²) in [5.74, 6) is 0. The number of fused-ring (bicyclic) bond motifs is 2. The predicted molar refractivity (Wildman–Crippen MR) is 97.5 cm³/mol. The number of aryl methyl sites for hydroxylation is 2. The molecule has 1 aromatic heterocycles. The van der Waals surface area contributed by atoms with E-state index in [0.717, 1.165) is 67.6 Å². The van der Waals surface area contributed by atoms with E-state index >= 15 is 0 Å². The summed E-state index contributed by atoms with van der Waals surface area (Å²) in [6.07, 6.45) is 4.34. The molecule has 2 aromatic rings. The molecular weight excluding hydrogens is 372 g/mol. The second kappa shape index (κ2) is 7.34. The van der Waals surface area contributed by atoms with Crippen LogP contribution in [0, 0.1) is 0 Å². The van der Waals surface area contributed by atoms with Crippen LogP contribution >= 0.6 is 0 Å². The lowest BCUT2D eigenvalue weighted by Crippen LogP contribution is -2.11. The lowest BCUT2D eigenvalue weighted by Gasteiger charge is -2.15. The van der Waals surface area contributed by atoms with Crippen LogP contribution in [0.4, 0.5) is 19.3 Å². The summed E-state index contributed by atoms with van der Waals surface area (Å²) in [4.78, 5) is 16.0. The van der Waals surface area contributed by atoms with Crippen molar-refractivity contribution in [2.24, 2.45) is 4.36 Å². The minimum absolute atomic E-state index is 0.109. The van der Waals surface area contributed by atoms with Crippen LogP contribution in [-0.2, 0) is 40.5 Å². The Morgan fingerprint density at radius 1 is 1.11 bits per heavy atom. The van der Waals surface area contributed by atoms with E-state index in [2.05, 4.69) is 20.7 Å². The van der Waals surface area contributed by atoms with Crippen LogP contribution in [-0.4, -0.2) is 11.0 Å². The van der Waals surface area contributed by atoms with Crippen molar-refractivity contribution in [1.82, 2.24) is 4.98 Å². The third-order valence-electron chi connectivity index (χ3n) is 5.06. The number of aromatic nitrogens is 1. The first kappa shape index (κ1) is 18.0. The molecule has 2 aliphatic carbocycles. The van der Waals surface area contributed by atoms with Crippen LogP contribution in [0.1, 0.15) is 47.2 Å². The molecule has 4 rings (SSSR count). The Morgan fingerprint density at radius 3 is 2.33 bits per heavy atom. The van der Waals surface area contributed by atoms with Gasteiger partial charge in [-0.1, -0.05) is 17.0 Å². The highest BCUT2D eigenvalue weighted by atomic mass is 32.2. The molecule has 8 heteroatoms. The Bertz CT molecular complexity index is 951. The monoisotopic (exact) mass is 390 g/mol. The fourth-order valence-corrected chi connectivity index (χ4v) is 4.48. The van der Waals surface area contributed by atoms with E-state index < -0.39 is 28.7 Å². The number of halogens is 2. The molecule has 2 aliphatic rings. The molecule has 0 saturated heterocycles. The van der Waals surface area contributed by atoms with Gasteiger partial charge >= 0.3 is 6.03 Å². The van der Waals surface area contributed by atoms with E-state index in [4.69, 9.17) is 0 Å². The second-order valence-electron chi connectivity index (χ2n) is 6.72. The maximum atomic E-state index is 12.5. The Morgan fingerprint density at radius 2 is 1.78 bits per heavy atom. The van der Waals surface area contributed by atoms with E-state index in [1.165, 1.54) is 17.2 Å². The number of anilines is 1. The quantitative estimate of drug-likeness (QED) is 0.770. The summed E-state index contributed by atoms with van der Waals surface area (Å²) in [5.41, 5.74) is 5.30. The number of alkyl halides is 2. The second-order valence-corrected chi connectivity index (χ2v) is 7.88. The average Bonchev–Trinajstić information content (AvgIpc) is 3.30. The molecule has 0 spiro atoms. The molecular formula is C19H18F2N3O2S-. The van der Waals surface area contributed by atoms with E-state index in [-0.39, 0.29) is 4.90 Å². The van der Waals surface area contributed by atoms with Gasteiger partial charge < -0.3 is 13.9 Å². The fourth-order valence-electron chi connectivity index (χ4n) is 3.85. The Balaban J connectivity index is 1.58. The molecule has 0 aliphatic heterocycles. The number of nitrogens with one attached hydrogen (secondary N) is 1. The summed E-state index contributed by atoms with van der Waals surface area (Å²) in [6, 6.07) is 3.90. The highest BCUT2D eigenvalue weighted by Gasteiger charge is 2.24. The summed E-state index contributed by atoms with van der Waals surface area (Å²) < 4.78 is 41.0. The third kappa shape index (κ3) is 3.58. The van der Waals surface area contributed by atoms with Crippen LogP contribution in [0.25, 0.3) is 0 Å². The Kier molecular flexibility index (Phi) is 4.90. The van der Waals surface area contributed by atoms with Gasteiger partial charge in [0.15, 0.2) is 0 Å². The zero-order chi connectivity index (χ0) is 19.0. The normalized spacial score (nSPS) is 16.4. The minimum atomic E-state index is -2.70. The standard InChI is InChI=1S/C19H18F2N3O2S/c20-18(21)16-8-7-13(10-22-16)27(26)24-19(25)23-17-14-5-1-3-11(14)9-12-4-2-6-15(12)17/h7-10,18H,1-6H2,(H,23,25)/q-1. The first-order valence-electron chi connectivity index (χ1n) is 8.88. The van der Waals surface area contributed by atoms with Gasteiger partial charge in [-0.15, -0.1) is 10.6 Å². The van der Waals surface area contributed by atoms with Crippen molar-refractivity contribution >= 4 is 22.3 Å². The van der Waals surface area contributed by atoms with E-state index in [0.29, 0.717) is 0 Å². The van der Waals surface area contributed by atoms with Crippen molar-refractivity contribution < 1.29 is 17.8 Å². The molecule has 1 heterocycles. The Labute approximate surface area is 157 Å². The number of nitrogens with zero attached hydrogens (tertiary/aromatic N) is 2. The number of benzene rings is 1. The summed E-state index contributed by atoms with van der Waals surface area (Å²) in [5, 5.41) is 2.83. The van der Waals surface area contributed by atoms with Gasteiger partial charge in [-0.05, 0) is 66.8 Å². The maximum Gasteiger partial charge on any atom is 0.322 e. The van der Waals surface area contributed by atoms with Crippen LogP contribution in [0.2, 0.25) is 0 Å². The molecule has 1 N–H and O–H groups in total. The average molecular weight is 390 g/mol. The molecule has 5 nitrogen and oxygen atoms in total. The molecule has 0 atom stereocenters. The summed E-state index contributed by atoms with van der Waals surface area (Å²) in [6.45, 7) is 0. The number of hydrogen-bond acceptors (Lipinski definition) is 4. The van der Waals surface area contributed by atoms with Crippen LogP contribution < -0.4 is 5.32 Å². The molecule has 27 heavy (non-hydrogen) atoms. The van der Waals surface area contributed by atoms with Crippen molar-refractivity contribution in [3.8, 4) is 0 Å². The van der Waals surface area contributed by atoms with Crippen molar-refractivity contribution in [3.63, 3.8) is 0 Å². The number of rotatable bonds is 3. The van der Waals surface area contributed by atoms with E-state index in [1.807, 2.05) is 0 Å². The van der Waals surface area contributed by atoms with Gasteiger partial charge in [-0.25, -0.2) is 13.6 Å². The van der Waals surface area contributed by atoms with Gasteiger partial charge in [0.1, 0.15) is 5.69 Å². The van der Waals surface area contributed by atoms with Crippen LogP contribution in [0.5, 0.6) is 0 Å². The largest absolute Gasteiger partial charge is 0.439 e. The summed E-state index contributed by atoms with van der Waals surface area (Å²) in [7, 11) is -2.00. The highest BCUT2D eigenvalue weighted by Crippen LogP contribution is 2.38. The lowest BCUT2D eigenvalue weighted by molar-refractivity contribution is 0.146. The molecule has 0 fully saturated rings. The molecule has 0 saturated carbocycles. The molecule has 0 unspecified atom stereocenters. The number of amides is 2. The van der Waals surface area contributed by atoms with E-state index in [1.54, 1.807) is 0 Å². The van der Waals surface area contributed by atoms with Gasteiger partial charge in [0.05, 0.1) is 0 Å². The number of carbonyl (C=O) groups is 1. The van der Waals surface area contributed by atoms with Gasteiger partial charge in [0.2, 0.25) is 0 Å². The van der Waals surface area contributed by atoms with Gasteiger partial charge in [0.25, 0.3) is 6.43 Å².